The van der Waals surface area contributed by atoms with Gasteiger partial charge in [-0.3, -0.25) is 4.79 Å². The van der Waals surface area contributed by atoms with Gasteiger partial charge < -0.3 is 10.1 Å². The number of nitrogens with one attached hydrogen (secondary N) is 1. The van der Waals surface area contributed by atoms with Gasteiger partial charge in [0.15, 0.2) is 0 Å². The molecule has 82 valence electrons. The molecule has 1 rings (SSSR count). The fraction of sp³-hybridized carbons (Fsp3) is 0.417. The third-order valence-corrected chi connectivity index (χ3v) is 1.93. The lowest BCUT2D eigenvalue weighted by Crippen LogP contribution is -2.34. The van der Waals surface area contributed by atoms with Crippen molar-refractivity contribution < 1.29 is 9.53 Å². The van der Waals surface area contributed by atoms with Gasteiger partial charge in [-0.1, -0.05) is 30.3 Å². The minimum Gasteiger partial charge on any atom is -0.375 e. The van der Waals surface area contributed by atoms with E-state index in [-0.39, 0.29) is 11.9 Å². The molecule has 1 aromatic rings. The van der Waals surface area contributed by atoms with Crippen LogP contribution in [-0.2, 0) is 16.1 Å². The van der Waals surface area contributed by atoms with Crippen molar-refractivity contribution in [2.45, 2.75) is 26.5 Å². The Balaban J connectivity index is 2.19. The van der Waals surface area contributed by atoms with Crippen LogP contribution in [0, 0.1) is 0 Å². The molecule has 0 aliphatic heterocycles. The molecule has 0 aliphatic carbocycles. The molecule has 15 heavy (non-hydrogen) atoms. The topological polar surface area (TPSA) is 38.3 Å². The first-order chi connectivity index (χ1) is 7.18. The van der Waals surface area contributed by atoms with Crippen LogP contribution in [0.4, 0.5) is 0 Å². The van der Waals surface area contributed by atoms with Crippen LogP contribution < -0.4 is 5.32 Å². The van der Waals surface area contributed by atoms with Crippen LogP contribution in [0.5, 0.6) is 0 Å². The zero-order chi connectivity index (χ0) is 11.1. The van der Waals surface area contributed by atoms with Crippen molar-refractivity contribution in [3.63, 3.8) is 0 Å². The second kappa shape index (κ2) is 6.19. The summed E-state index contributed by atoms with van der Waals surface area (Å²) in [5.74, 6) is -0.0224. The number of carbonyl (C=O) groups is 1. The lowest BCUT2D eigenvalue weighted by Gasteiger charge is -2.12. The number of benzene rings is 1. The lowest BCUT2D eigenvalue weighted by atomic mass is 10.2. The predicted octanol–water partition coefficient (Wildman–Crippen LogP) is 1.73. The van der Waals surface area contributed by atoms with Crippen LogP contribution in [0.25, 0.3) is 0 Å². The zero-order valence-corrected chi connectivity index (χ0v) is 9.19. The zero-order valence-electron chi connectivity index (χ0n) is 9.19. The van der Waals surface area contributed by atoms with Gasteiger partial charge in [0.05, 0.1) is 13.2 Å². The van der Waals surface area contributed by atoms with Gasteiger partial charge in [-0.25, -0.2) is 0 Å². The van der Waals surface area contributed by atoms with E-state index >= 15 is 0 Å². The lowest BCUT2D eigenvalue weighted by molar-refractivity contribution is -0.120. The van der Waals surface area contributed by atoms with Gasteiger partial charge in [-0.2, -0.15) is 0 Å². The SMILES string of the molecule is CC(=O)NC(C)COCc1ccccc1. The van der Waals surface area contributed by atoms with Gasteiger partial charge in [-0.05, 0) is 12.5 Å². The fourth-order valence-corrected chi connectivity index (χ4v) is 1.32. The fourth-order valence-electron chi connectivity index (χ4n) is 1.32. The Kier molecular flexibility index (Phi) is 4.84. The van der Waals surface area contributed by atoms with Crippen molar-refractivity contribution in [1.82, 2.24) is 5.32 Å². The van der Waals surface area contributed by atoms with Gasteiger partial charge in [0, 0.05) is 13.0 Å². The third kappa shape index (κ3) is 5.18. The van der Waals surface area contributed by atoms with Crippen molar-refractivity contribution in [3.8, 4) is 0 Å². The molecular weight excluding hydrogens is 190 g/mol. The van der Waals surface area contributed by atoms with Crippen molar-refractivity contribution in [3.05, 3.63) is 35.9 Å². The van der Waals surface area contributed by atoms with Gasteiger partial charge in [0.25, 0.3) is 0 Å². The second-order valence-corrected chi connectivity index (χ2v) is 3.60. The molecule has 1 N–H and O–H groups in total. The molecule has 0 saturated carbocycles. The summed E-state index contributed by atoms with van der Waals surface area (Å²) >= 11 is 0. The highest BCUT2D eigenvalue weighted by molar-refractivity contribution is 5.73. The first kappa shape index (κ1) is 11.7. The van der Waals surface area contributed by atoms with E-state index in [0.29, 0.717) is 13.2 Å². The van der Waals surface area contributed by atoms with Crippen molar-refractivity contribution in [2.24, 2.45) is 0 Å². The highest BCUT2D eigenvalue weighted by Gasteiger charge is 2.02. The summed E-state index contributed by atoms with van der Waals surface area (Å²) in [6, 6.07) is 10.0. The minimum atomic E-state index is -0.0224. The Morgan fingerprint density at radius 3 is 2.67 bits per heavy atom. The summed E-state index contributed by atoms with van der Waals surface area (Å²) in [7, 11) is 0. The monoisotopic (exact) mass is 207 g/mol. The van der Waals surface area contributed by atoms with Crippen LogP contribution in [0.3, 0.4) is 0 Å². The molecular formula is C12H17NO2. The molecule has 1 atom stereocenters. The van der Waals surface area contributed by atoms with Crippen molar-refractivity contribution in [1.29, 1.82) is 0 Å². The molecule has 0 aromatic heterocycles. The minimum absolute atomic E-state index is 0.0224. The molecule has 0 aliphatic rings. The Hall–Kier alpha value is -1.35. The molecule has 3 nitrogen and oxygen atoms in total. The molecule has 0 heterocycles. The summed E-state index contributed by atoms with van der Waals surface area (Å²) in [4.78, 5) is 10.7. The van der Waals surface area contributed by atoms with E-state index in [2.05, 4.69) is 5.32 Å². The number of hydrogen-bond donors (Lipinski definition) is 1. The van der Waals surface area contributed by atoms with E-state index in [9.17, 15) is 4.79 Å². The third-order valence-electron chi connectivity index (χ3n) is 1.93. The maximum Gasteiger partial charge on any atom is 0.217 e. The van der Waals surface area contributed by atoms with Gasteiger partial charge in [0.1, 0.15) is 0 Å². The smallest absolute Gasteiger partial charge is 0.217 e. The summed E-state index contributed by atoms with van der Waals surface area (Å²) in [5, 5.41) is 2.77. The van der Waals surface area contributed by atoms with E-state index in [1.54, 1.807) is 0 Å². The number of hydrogen-bond acceptors (Lipinski definition) is 2. The molecule has 0 fully saturated rings. The Morgan fingerprint density at radius 1 is 1.40 bits per heavy atom. The van der Waals surface area contributed by atoms with Crippen LogP contribution in [-0.4, -0.2) is 18.6 Å². The molecule has 1 aromatic carbocycles. The first-order valence-corrected chi connectivity index (χ1v) is 5.07. The number of carbonyl (C=O) groups excluding carboxylic acids is 1. The molecule has 1 amide bonds. The number of amides is 1. The van der Waals surface area contributed by atoms with Crippen LogP contribution in [0.2, 0.25) is 0 Å². The second-order valence-electron chi connectivity index (χ2n) is 3.60. The van der Waals surface area contributed by atoms with E-state index in [1.165, 1.54) is 6.92 Å². The van der Waals surface area contributed by atoms with Gasteiger partial charge >= 0.3 is 0 Å². The summed E-state index contributed by atoms with van der Waals surface area (Å²) in [6.07, 6.45) is 0. The average molecular weight is 207 g/mol. The van der Waals surface area contributed by atoms with Crippen LogP contribution in [0.1, 0.15) is 19.4 Å². The van der Waals surface area contributed by atoms with Gasteiger partial charge in [-0.15, -0.1) is 0 Å². The van der Waals surface area contributed by atoms with Crippen molar-refractivity contribution >= 4 is 5.91 Å². The van der Waals surface area contributed by atoms with E-state index < -0.39 is 0 Å². The normalized spacial score (nSPS) is 12.1. The summed E-state index contributed by atoms with van der Waals surface area (Å²) < 4.78 is 5.47. The number of ether oxygens (including phenoxy) is 1. The molecule has 0 bridgehead atoms. The van der Waals surface area contributed by atoms with E-state index in [4.69, 9.17) is 4.74 Å². The van der Waals surface area contributed by atoms with E-state index in [1.807, 2.05) is 37.3 Å². The molecule has 0 radical (unpaired) electrons. The van der Waals surface area contributed by atoms with Gasteiger partial charge in [0.2, 0.25) is 5.91 Å². The molecule has 3 heteroatoms. The van der Waals surface area contributed by atoms with Crippen LogP contribution >= 0.6 is 0 Å². The van der Waals surface area contributed by atoms with Crippen molar-refractivity contribution in [2.75, 3.05) is 6.61 Å². The van der Waals surface area contributed by atoms with Crippen LogP contribution in [0.15, 0.2) is 30.3 Å². The van der Waals surface area contributed by atoms with E-state index in [0.717, 1.165) is 5.56 Å². The molecule has 0 saturated heterocycles. The largest absolute Gasteiger partial charge is 0.375 e. The summed E-state index contributed by atoms with van der Waals surface area (Å²) in [5.41, 5.74) is 1.15. The Bertz CT molecular complexity index is 298. The Morgan fingerprint density at radius 2 is 2.07 bits per heavy atom. The predicted molar refractivity (Wildman–Crippen MR) is 59.4 cm³/mol. The standard InChI is InChI=1S/C12H17NO2/c1-10(13-11(2)14)8-15-9-12-6-4-3-5-7-12/h3-7,10H,8-9H2,1-2H3,(H,13,14). The maximum absolute atomic E-state index is 10.7. The summed E-state index contributed by atoms with van der Waals surface area (Å²) in [6.45, 7) is 4.55. The maximum atomic E-state index is 10.7. The average Bonchev–Trinajstić information content (AvgIpc) is 2.18. The highest BCUT2D eigenvalue weighted by Crippen LogP contribution is 2.00. The first-order valence-electron chi connectivity index (χ1n) is 5.07. The molecule has 0 spiro atoms. The molecule has 1 unspecified atom stereocenters. The highest BCUT2D eigenvalue weighted by atomic mass is 16.5. The Labute approximate surface area is 90.4 Å². The number of rotatable bonds is 5. The quantitative estimate of drug-likeness (QED) is 0.798.